The molecule has 0 atom stereocenters. The van der Waals surface area contributed by atoms with Crippen molar-refractivity contribution < 1.29 is 0 Å². The fraction of sp³-hybridized carbons (Fsp3) is 0.0612. The summed E-state index contributed by atoms with van der Waals surface area (Å²) in [6.07, 6.45) is 0. The molecule has 9 aromatic rings. The van der Waals surface area contributed by atoms with Gasteiger partial charge >= 0.3 is 0 Å². The molecule has 1 aliphatic carbocycles. The summed E-state index contributed by atoms with van der Waals surface area (Å²) in [6.45, 7) is 4.77. The van der Waals surface area contributed by atoms with E-state index in [9.17, 15) is 0 Å². The first kappa shape index (κ1) is 28.1. The molecule has 0 spiro atoms. The molecule has 0 N–H and O–H groups in total. The van der Waals surface area contributed by atoms with Gasteiger partial charge in [-0.3, -0.25) is 0 Å². The number of hydrogen-bond acceptors (Lipinski definition) is 0. The second-order valence-corrected chi connectivity index (χ2v) is 14.0. The molecule has 0 amide bonds. The second kappa shape index (κ2) is 10.5. The summed E-state index contributed by atoms with van der Waals surface area (Å²) in [7, 11) is 0. The first-order chi connectivity index (χ1) is 24.1. The number of hydrogen-bond donors (Lipinski definition) is 0. The molecule has 10 rings (SSSR count). The van der Waals surface area contributed by atoms with Crippen molar-refractivity contribution in [3.05, 3.63) is 181 Å². The van der Waals surface area contributed by atoms with Crippen molar-refractivity contribution in [2.45, 2.75) is 19.3 Å². The summed E-state index contributed by atoms with van der Waals surface area (Å²) in [4.78, 5) is 0. The van der Waals surface area contributed by atoms with Crippen LogP contribution in [0.2, 0.25) is 0 Å². The van der Waals surface area contributed by atoms with E-state index >= 15 is 0 Å². The standard InChI is InChI=1S/C49H34/c1-49(2)45-27-25-34(29-43(45)42-26-24-32-16-6-9-19-37(32)48(42)49)46-38-20-10-12-22-40(38)47(41-23-13-11-21-39(41)46)44-30-35(31-14-4-3-5-15-31)28-33-17-7-8-18-36(33)44/h3-30H,1-2H3. The van der Waals surface area contributed by atoms with Crippen LogP contribution in [0, 0.1) is 0 Å². The lowest BCUT2D eigenvalue weighted by atomic mass is 9.79. The monoisotopic (exact) mass is 622 g/mol. The van der Waals surface area contributed by atoms with Crippen molar-refractivity contribution >= 4 is 43.1 Å². The number of rotatable bonds is 3. The Bertz CT molecular complexity index is 2720. The molecule has 0 unspecified atom stereocenters. The zero-order chi connectivity index (χ0) is 32.7. The van der Waals surface area contributed by atoms with Gasteiger partial charge in [0.25, 0.3) is 0 Å². The molecule has 0 aliphatic heterocycles. The molecule has 0 radical (unpaired) electrons. The second-order valence-electron chi connectivity index (χ2n) is 14.0. The average molecular weight is 623 g/mol. The summed E-state index contributed by atoms with van der Waals surface area (Å²) in [6, 6.07) is 63.1. The minimum atomic E-state index is -0.0805. The van der Waals surface area contributed by atoms with E-state index in [0.29, 0.717) is 0 Å². The van der Waals surface area contributed by atoms with Gasteiger partial charge in [-0.25, -0.2) is 0 Å². The molecule has 0 nitrogen and oxygen atoms in total. The Labute approximate surface area is 286 Å². The third-order valence-electron chi connectivity index (χ3n) is 11.0. The van der Waals surface area contributed by atoms with Crippen LogP contribution in [0.15, 0.2) is 170 Å². The topological polar surface area (TPSA) is 0 Å². The van der Waals surface area contributed by atoms with Gasteiger partial charge in [-0.15, -0.1) is 0 Å². The molecule has 49 heavy (non-hydrogen) atoms. The van der Waals surface area contributed by atoms with E-state index in [2.05, 4.69) is 184 Å². The number of benzene rings is 9. The van der Waals surface area contributed by atoms with Gasteiger partial charge in [-0.2, -0.15) is 0 Å². The predicted octanol–water partition coefficient (Wildman–Crippen LogP) is 13.6. The normalized spacial score (nSPS) is 13.3. The Morgan fingerprint density at radius 2 is 0.878 bits per heavy atom. The van der Waals surface area contributed by atoms with Gasteiger partial charge in [0, 0.05) is 5.41 Å². The minimum absolute atomic E-state index is 0.0805. The van der Waals surface area contributed by atoms with Crippen molar-refractivity contribution in [1.82, 2.24) is 0 Å². The highest BCUT2D eigenvalue weighted by molar-refractivity contribution is 6.24. The minimum Gasteiger partial charge on any atom is -0.0622 e. The van der Waals surface area contributed by atoms with Gasteiger partial charge in [0.2, 0.25) is 0 Å². The molecule has 0 aromatic heterocycles. The molecule has 0 saturated heterocycles. The Hall–Kier alpha value is -5.98. The first-order valence-corrected chi connectivity index (χ1v) is 17.3. The third kappa shape index (κ3) is 4.11. The highest BCUT2D eigenvalue weighted by atomic mass is 14.4. The van der Waals surface area contributed by atoms with Gasteiger partial charge < -0.3 is 0 Å². The van der Waals surface area contributed by atoms with Gasteiger partial charge in [0.05, 0.1) is 0 Å². The van der Waals surface area contributed by atoms with Crippen molar-refractivity contribution in [2.24, 2.45) is 0 Å². The lowest BCUT2D eigenvalue weighted by molar-refractivity contribution is 0.666. The summed E-state index contributed by atoms with van der Waals surface area (Å²) in [5.41, 5.74) is 13.1. The van der Waals surface area contributed by atoms with E-state index in [4.69, 9.17) is 0 Å². The quantitative estimate of drug-likeness (QED) is 0.172. The van der Waals surface area contributed by atoms with Crippen molar-refractivity contribution in [1.29, 1.82) is 0 Å². The molecular weight excluding hydrogens is 589 g/mol. The van der Waals surface area contributed by atoms with Crippen LogP contribution in [-0.4, -0.2) is 0 Å². The molecule has 0 heteroatoms. The highest BCUT2D eigenvalue weighted by Gasteiger charge is 2.37. The maximum absolute atomic E-state index is 2.47. The van der Waals surface area contributed by atoms with Gasteiger partial charge in [-0.05, 0) is 117 Å². The molecule has 9 aromatic carbocycles. The fourth-order valence-corrected chi connectivity index (χ4v) is 8.82. The van der Waals surface area contributed by atoms with Gasteiger partial charge in [0.1, 0.15) is 0 Å². The predicted molar refractivity (Wildman–Crippen MR) is 210 cm³/mol. The number of fused-ring (bicyclic) bond motifs is 8. The smallest absolute Gasteiger partial charge is 0.0165 e. The van der Waals surface area contributed by atoms with Gasteiger partial charge in [-0.1, -0.05) is 166 Å². The van der Waals surface area contributed by atoms with Crippen LogP contribution >= 0.6 is 0 Å². The Balaban J connectivity index is 1.27. The lowest BCUT2D eigenvalue weighted by Gasteiger charge is -2.23. The Morgan fingerprint density at radius 1 is 0.327 bits per heavy atom. The van der Waals surface area contributed by atoms with E-state index in [-0.39, 0.29) is 5.41 Å². The van der Waals surface area contributed by atoms with Crippen LogP contribution < -0.4 is 0 Å². The molecule has 0 saturated carbocycles. The average Bonchev–Trinajstić information content (AvgIpc) is 3.39. The molecule has 0 heterocycles. The van der Waals surface area contributed by atoms with E-state index in [0.717, 1.165) is 0 Å². The fourth-order valence-electron chi connectivity index (χ4n) is 8.82. The van der Waals surface area contributed by atoms with Crippen molar-refractivity contribution in [3.63, 3.8) is 0 Å². The van der Waals surface area contributed by atoms with E-state index < -0.39 is 0 Å². The first-order valence-electron chi connectivity index (χ1n) is 17.3. The van der Waals surface area contributed by atoms with Crippen LogP contribution in [0.1, 0.15) is 25.0 Å². The highest BCUT2D eigenvalue weighted by Crippen LogP contribution is 2.53. The van der Waals surface area contributed by atoms with E-state index in [1.165, 1.54) is 98.7 Å². The van der Waals surface area contributed by atoms with Crippen molar-refractivity contribution in [2.75, 3.05) is 0 Å². The van der Waals surface area contributed by atoms with Gasteiger partial charge in [0.15, 0.2) is 0 Å². The largest absolute Gasteiger partial charge is 0.0622 e. The summed E-state index contributed by atoms with van der Waals surface area (Å²) in [5.74, 6) is 0. The maximum Gasteiger partial charge on any atom is 0.0165 e. The zero-order valence-corrected chi connectivity index (χ0v) is 27.7. The molecule has 230 valence electrons. The maximum atomic E-state index is 2.47. The zero-order valence-electron chi connectivity index (χ0n) is 27.7. The van der Waals surface area contributed by atoms with E-state index in [1.807, 2.05) is 0 Å². The molecule has 0 bridgehead atoms. The Kier molecular flexibility index (Phi) is 6.02. The van der Waals surface area contributed by atoms with Crippen LogP contribution in [-0.2, 0) is 5.41 Å². The molecule has 1 aliphatic rings. The summed E-state index contributed by atoms with van der Waals surface area (Å²) < 4.78 is 0. The van der Waals surface area contributed by atoms with E-state index in [1.54, 1.807) is 0 Å². The molecular formula is C49H34. The third-order valence-corrected chi connectivity index (χ3v) is 11.0. The summed E-state index contributed by atoms with van der Waals surface area (Å²) >= 11 is 0. The van der Waals surface area contributed by atoms with Crippen LogP contribution in [0.5, 0.6) is 0 Å². The van der Waals surface area contributed by atoms with Crippen molar-refractivity contribution in [3.8, 4) is 44.5 Å². The lowest BCUT2D eigenvalue weighted by Crippen LogP contribution is -2.15. The van der Waals surface area contributed by atoms with Crippen LogP contribution in [0.4, 0.5) is 0 Å². The van der Waals surface area contributed by atoms with Crippen LogP contribution in [0.25, 0.3) is 87.6 Å². The summed E-state index contributed by atoms with van der Waals surface area (Å²) in [5, 5.41) is 10.3. The molecule has 0 fully saturated rings. The van der Waals surface area contributed by atoms with Crippen LogP contribution in [0.3, 0.4) is 0 Å². The Morgan fingerprint density at radius 3 is 1.57 bits per heavy atom. The SMILES string of the molecule is CC1(C)c2ccc(-c3c4ccccc4c(-c4cc(-c5ccccc5)cc5ccccc45)c4ccccc34)cc2-c2ccc3ccccc3c21.